The van der Waals surface area contributed by atoms with Gasteiger partial charge in [-0.2, -0.15) is 0 Å². The van der Waals surface area contributed by atoms with E-state index in [4.69, 9.17) is 39.0 Å². The Morgan fingerprint density at radius 1 is 1.14 bits per heavy atom. The number of thiocarbonyl (C=S) groups is 1. The second kappa shape index (κ2) is 7.81. The summed E-state index contributed by atoms with van der Waals surface area (Å²) >= 11 is 10.7. The van der Waals surface area contributed by atoms with Gasteiger partial charge >= 0.3 is 0 Å². The maximum absolute atomic E-state index is 5.82. The zero-order valence-electron chi connectivity index (χ0n) is 11.3. The molecule has 1 heterocycles. The standard InChI is InChI=1S/C15H15ClN2O2S/c16-12-8-14(10-18-9-12)20-6-2-5-19-13-4-1-3-11(7-13)15(17)21/h1,3-4,7-10H,2,5-6H2,(H2,17,21). The summed E-state index contributed by atoms with van der Waals surface area (Å²) in [6.45, 7) is 1.06. The van der Waals surface area contributed by atoms with Crippen molar-refractivity contribution in [2.45, 2.75) is 6.42 Å². The van der Waals surface area contributed by atoms with E-state index in [0.29, 0.717) is 29.0 Å². The van der Waals surface area contributed by atoms with E-state index >= 15 is 0 Å². The maximum atomic E-state index is 5.82. The second-order valence-corrected chi connectivity index (χ2v) is 5.16. The van der Waals surface area contributed by atoms with Crippen molar-refractivity contribution in [1.29, 1.82) is 0 Å². The molecule has 0 aliphatic rings. The molecule has 0 radical (unpaired) electrons. The highest BCUT2D eigenvalue weighted by Crippen LogP contribution is 2.16. The van der Waals surface area contributed by atoms with E-state index in [2.05, 4.69) is 4.98 Å². The third-order valence-electron chi connectivity index (χ3n) is 2.62. The van der Waals surface area contributed by atoms with Crippen LogP contribution in [0.15, 0.2) is 42.7 Å². The minimum absolute atomic E-state index is 0.359. The van der Waals surface area contributed by atoms with Crippen molar-refractivity contribution in [2.24, 2.45) is 5.73 Å². The molecule has 0 spiro atoms. The van der Waals surface area contributed by atoms with Crippen molar-refractivity contribution < 1.29 is 9.47 Å². The van der Waals surface area contributed by atoms with Crippen molar-refractivity contribution >= 4 is 28.8 Å². The molecule has 1 aromatic heterocycles. The fraction of sp³-hybridized carbons (Fsp3) is 0.200. The van der Waals surface area contributed by atoms with Gasteiger partial charge in [0.1, 0.15) is 16.5 Å². The highest BCUT2D eigenvalue weighted by molar-refractivity contribution is 7.80. The number of nitrogens with two attached hydrogens (primary N) is 1. The predicted octanol–water partition coefficient (Wildman–Crippen LogP) is 3.22. The molecular weight excluding hydrogens is 308 g/mol. The van der Waals surface area contributed by atoms with Crippen LogP contribution in [-0.2, 0) is 0 Å². The van der Waals surface area contributed by atoms with Gasteiger partial charge in [-0.15, -0.1) is 0 Å². The molecule has 0 atom stereocenters. The topological polar surface area (TPSA) is 57.4 Å². The van der Waals surface area contributed by atoms with Gasteiger partial charge in [-0.05, 0) is 12.1 Å². The molecule has 4 nitrogen and oxygen atoms in total. The minimum atomic E-state index is 0.359. The van der Waals surface area contributed by atoms with E-state index in [0.717, 1.165) is 17.7 Å². The number of nitrogens with zero attached hydrogens (tertiary/aromatic N) is 1. The zero-order valence-corrected chi connectivity index (χ0v) is 12.9. The first-order chi connectivity index (χ1) is 10.1. The van der Waals surface area contributed by atoms with E-state index in [9.17, 15) is 0 Å². The van der Waals surface area contributed by atoms with E-state index < -0.39 is 0 Å². The Labute approximate surface area is 133 Å². The third-order valence-corrected chi connectivity index (χ3v) is 3.07. The highest BCUT2D eigenvalue weighted by Gasteiger charge is 2.00. The Morgan fingerprint density at radius 3 is 2.62 bits per heavy atom. The number of halogens is 1. The monoisotopic (exact) mass is 322 g/mol. The van der Waals surface area contributed by atoms with Crippen LogP contribution >= 0.6 is 23.8 Å². The summed E-state index contributed by atoms with van der Waals surface area (Å²) in [7, 11) is 0. The van der Waals surface area contributed by atoms with Crippen LogP contribution in [0.1, 0.15) is 12.0 Å². The van der Waals surface area contributed by atoms with Gasteiger partial charge in [-0.1, -0.05) is 36.0 Å². The number of ether oxygens (including phenoxy) is 2. The van der Waals surface area contributed by atoms with Crippen LogP contribution in [-0.4, -0.2) is 23.2 Å². The number of aromatic nitrogens is 1. The van der Waals surface area contributed by atoms with Gasteiger partial charge in [0.15, 0.2) is 0 Å². The Hall–Kier alpha value is -1.85. The van der Waals surface area contributed by atoms with Gasteiger partial charge in [0, 0.05) is 24.2 Å². The normalized spacial score (nSPS) is 10.1. The molecule has 0 amide bonds. The van der Waals surface area contributed by atoms with Gasteiger partial charge in [-0.25, -0.2) is 0 Å². The third kappa shape index (κ3) is 5.21. The molecule has 21 heavy (non-hydrogen) atoms. The summed E-state index contributed by atoms with van der Waals surface area (Å²) in [5.74, 6) is 1.39. The van der Waals surface area contributed by atoms with Crippen LogP contribution in [0, 0.1) is 0 Å². The number of hydrogen-bond acceptors (Lipinski definition) is 4. The lowest BCUT2D eigenvalue weighted by atomic mass is 10.2. The Bertz CT molecular complexity index is 622. The van der Waals surface area contributed by atoms with Crippen molar-refractivity contribution in [2.75, 3.05) is 13.2 Å². The molecule has 0 fully saturated rings. The SMILES string of the molecule is NC(=S)c1cccc(OCCCOc2cncc(Cl)c2)c1. The van der Waals surface area contributed by atoms with Crippen molar-refractivity contribution in [3.8, 4) is 11.5 Å². The van der Waals surface area contributed by atoms with Gasteiger partial charge in [0.2, 0.25) is 0 Å². The molecule has 110 valence electrons. The van der Waals surface area contributed by atoms with Crippen molar-refractivity contribution in [1.82, 2.24) is 4.98 Å². The molecular formula is C15H15ClN2O2S. The second-order valence-electron chi connectivity index (χ2n) is 4.28. The van der Waals surface area contributed by atoms with Gasteiger partial charge in [0.05, 0.1) is 24.4 Å². The molecule has 6 heteroatoms. The highest BCUT2D eigenvalue weighted by atomic mass is 35.5. The molecule has 0 bridgehead atoms. The molecule has 2 rings (SSSR count). The van der Waals surface area contributed by atoms with Crippen LogP contribution in [0.4, 0.5) is 0 Å². The molecule has 1 aromatic carbocycles. The summed E-state index contributed by atoms with van der Waals surface area (Å²) in [5, 5.41) is 0.554. The molecule has 2 aromatic rings. The lowest BCUT2D eigenvalue weighted by Gasteiger charge is -2.09. The minimum Gasteiger partial charge on any atom is -0.493 e. The molecule has 0 saturated heterocycles. The Morgan fingerprint density at radius 2 is 1.90 bits per heavy atom. The smallest absolute Gasteiger partial charge is 0.139 e. The summed E-state index contributed by atoms with van der Waals surface area (Å²) in [6.07, 6.45) is 3.93. The average molecular weight is 323 g/mol. The fourth-order valence-corrected chi connectivity index (χ4v) is 1.94. The number of pyridine rings is 1. The number of hydrogen-bond donors (Lipinski definition) is 1. The first kappa shape index (κ1) is 15.5. The zero-order chi connectivity index (χ0) is 15.1. The summed E-state index contributed by atoms with van der Waals surface area (Å²) in [4.78, 5) is 4.30. The van der Waals surface area contributed by atoms with Gasteiger partial charge in [-0.3, -0.25) is 4.98 Å². The Balaban J connectivity index is 1.72. The van der Waals surface area contributed by atoms with Crippen LogP contribution in [0.5, 0.6) is 11.5 Å². The van der Waals surface area contributed by atoms with Crippen LogP contribution in [0.3, 0.4) is 0 Å². The molecule has 2 N–H and O–H groups in total. The first-order valence-corrected chi connectivity index (χ1v) is 7.20. The summed E-state index contributed by atoms with van der Waals surface area (Å²) in [5.41, 5.74) is 6.37. The largest absolute Gasteiger partial charge is 0.493 e. The number of benzene rings is 1. The van der Waals surface area contributed by atoms with Crippen LogP contribution < -0.4 is 15.2 Å². The van der Waals surface area contributed by atoms with Crippen molar-refractivity contribution in [3.05, 3.63) is 53.3 Å². The summed E-state index contributed by atoms with van der Waals surface area (Å²) < 4.78 is 11.1. The fourth-order valence-electron chi connectivity index (χ4n) is 1.65. The van der Waals surface area contributed by atoms with E-state index in [1.807, 2.05) is 24.3 Å². The lowest BCUT2D eigenvalue weighted by Crippen LogP contribution is -2.10. The van der Waals surface area contributed by atoms with Gasteiger partial charge in [0.25, 0.3) is 0 Å². The molecule has 0 saturated carbocycles. The Kier molecular flexibility index (Phi) is 5.78. The number of rotatable bonds is 7. The molecule has 0 aliphatic heterocycles. The lowest BCUT2D eigenvalue weighted by molar-refractivity contribution is 0.247. The van der Waals surface area contributed by atoms with E-state index in [1.54, 1.807) is 18.5 Å². The maximum Gasteiger partial charge on any atom is 0.139 e. The van der Waals surface area contributed by atoms with E-state index in [-0.39, 0.29) is 0 Å². The van der Waals surface area contributed by atoms with Crippen LogP contribution in [0.2, 0.25) is 5.02 Å². The van der Waals surface area contributed by atoms with Crippen LogP contribution in [0.25, 0.3) is 0 Å². The quantitative estimate of drug-likeness (QED) is 0.626. The predicted molar refractivity (Wildman–Crippen MR) is 87.2 cm³/mol. The van der Waals surface area contributed by atoms with Crippen molar-refractivity contribution in [3.63, 3.8) is 0 Å². The van der Waals surface area contributed by atoms with Gasteiger partial charge < -0.3 is 15.2 Å². The first-order valence-electron chi connectivity index (χ1n) is 6.41. The van der Waals surface area contributed by atoms with E-state index in [1.165, 1.54) is 0 Å². The molecule has 0 unspecified atom stereocenters. The summed E-state index contributed by atoms with van der Waals surface area (Å²) in [6, 6.07) is 9.12. The molecule has 0 aliphatic carbocycles. The average Bonchev–Trinajstić information content (AvgIpc) is 2.47.